The van der Waals surface area contributed by atoms with Crippen LogP contribution >= 0.6 is 27.3 Å². The second kappa shape index (κ2) is 8.76. The molecule has 1 N–H and O–H groups in total. The highest BCUT2D eigenvalue weighted by atomic mass is 79.9. The van der Waals surface area contributed by atoms with Gasteiger partial charge in [-0.3, -0.25) is 10.1 Å². The number of anilines is 1. The number of halogens is 1. The van der Waals surface area contributed by atoms with Gasteiger partial charge in [0.25, 0.3) is 5.91 Å². The maximum atomic E-state index is 12.6. The first-order chi connectivity index (χ1) is 14.5. The Morgan fingerprint density at radius 3 is 2.80 bits per heavy atom. The molecule has 4 rings (SSSR count). The number of thiazole rings is 1. The average molecular weight is 486 g/mol. The van der Waals surface area contributed by atoms with E-state index in [-0.39, 0.29) is 0 Å². The SMILES string of the molecule is CCC(OC(=O)c1ccc2ocnc2c1)C(=O)Nc1nc(-c2ccc(Br)cc2)cs1. The minimum Gasteiger partial charge on any atom is -0.449 e. The number of benzene rings is 2. The van der Waals surface area contributed by atoms with Gasteiger partial charge in [0.2, 0.25) is 0 Å². The Morgan fingerprint density at radius 1 is 1.23 bits per heavy atom. The number of nitrogens with zero attached hydrogens (tertiary/aromatic N) is 2. The van der Waals surface area contributed by atoms with Gasteiger partial charge in [0, 0.05) is 15.4 Å². The molecular weight excluding hydrogens is 470 g/mol. The first kappa shape index (κ1) is 20.2. The lowest BCUT2D eigenvalue weighted by atomic mass is 10.2. The van der Waals surface area contributed by atoms with Crippen molar-refractivity contribution < 1.29 is 18.7 Å². The topological polar surface area (TPSA) is 94.3 Å². The summed E-state index contributed by atoms with van der Waals surface area (Å²) in [5.41, 5.74) is 3.12. The van der Waals surface area contributed by atoms with Crippen molar-refractivity contribution in [2.24, 2.45) is 0 Å². The van der Waals surface area contributed by atoms with Crippen LogP contribution in [0.3, 0.4) is 0 Å². The maximum Gasteiger partial charge on any atom is 0.338 e. The third-order valence-electron chi connectivity index (χ3n) is 4.35. The third-order valence-corrected chi connectivity index (χ3v) is 5.64. The number of hydrogen-bond acceptors (Lipinski definition) is 7. The van der Waals surface area contributed by atoms with E-state index in [1.54, 1.807) is 25.1 Å². The number of rotatable bonds is 6. The fraction of sp³-hybridized carbons (Fsp3) is 0.143. The quantitative estimate of drug-likeness (QED) is 0.373. The second-order valence-electron chi connectivity index (χ2n) is 6.37. The number of carbonyl (C=O) groups is 2. The van der Waals surface area contributed by atoms with Crippen molar-refractivity contribution in [2.75, 3.05) is 5.32 Å². The molecule has 0 bridgehead atoms. The molecule has 1 amide bonds. The highest BCUT2D eigenvalue weighted by Crippen LogP contribution is 2.26. The van der Waals surface area contributed by atoms with Crippen molar-refractivity contribution in [2.45, 2.75) is 19.4 Å². The summed E-state index contributed by atoms with van der Waals surface area (Å²) in [6.45, 7) is 1.77. The van der Waals surface area contributed by atoms with Gasteiger partial charge in [0.1, 0.15) is 5.52 Å². The van der Waals surface area contributed by atoms with Crippen LogP contribution in [-0.2, 0) is 9.53 Å². The largest absolute Gasteiger partial charge is 0.449 e. The molecule has 0 aliphatic carbocycles. The van der Waals surface area contributed by atoms with Crippen molar-refractivity contribution in [1.82, 2.24) is 9.97 Å². The predicted octanol–water partition coefficient (Wildman–Crippen LogP) is 5.29. The minimum absolute atomic E-state index is 0.300. The van der Waals surface area contributed by atoms with Crippen LogP contribution in [0, 0.1) is 0 Å². The summed E-state index contributed by atoms with van der Waals surface area (Å²) in [6.07, 6.45) is 0.693. The van der Waals surface area contributed by atoms with Crippen molar-refractivity contribution in [1.29, 1.82) is 0 Å². The van der Waals surface area contributed by atoms with E-state index in [1.165, 1.54) is 17.7 Å². The van der Waals surface area contributed by atoms with Gasteiger partial charge in [-0.1, -0.05) is 35.0 Å². The number of amides is 1. The minimum atomic E-state index is -0.939. The molecule has 2 heterocycles. The summed E-state index contributed by atoms with van der Waals surface area (Å²) in [4.78, 5) is 33.6. The molecule has 0 aliphatic heterocycles. The Kier molecular flexibility index (Phi) is 5.91. The Morgan fingerprint density at radius 2 is 2.03 bits per heavy atom. The summed E-state index contributed by atoms with van der Waals surface area (Å²) in [7, 11) is 0. The summed E-state index contributed by atoms with van der Waals surface area (Å²) in [6, 6.07) is 12.5. The number of nitrogens with one attached hydrogen (secondary N) is 1. The van der Waals surface area contributed by atoms with Gasteiger partial charge in [-0.25, -0.2) is 14.8 Å². The molecule has 0 fully saturated rings. The number of ether oxygens (including phenoxy) is 1. The lowest BCUT2D eigenvalue weighted by Crippen LogP contribution is -2.32. The van der Waals surface area contributed by atoms with E-state index in [9.17, 15) is 9.59 Å². The van der Waals surface area contributed by atoms with Gasteiger partial charge in [-0.2, -0.15) is 0 Å². The van der Waals surface area contributed by atoms with Crippen molar-refractivity contribution >= 4 is 55.4 Å². The Bertz CT molecular complexity index is 1200. The molecule has 0 saturated carbocycles. The van der Waals surface area contributed by atoms with Gasteiger partial charge in [-0.15, -0.1) is 11.3 Å². The van der Waals surface area contributed by atoms with Crippen molar-refractivity contribution in [3.05, 3.63) is 64.3 Å². The first-order valence-corrected chi connectivity index (χ1v) is 10.8. The van der Waals surface area contributed by atoms with E-state index in [4.69, 9.17) is 9.15 Å². The monoisotopic (exact) mass is 485 g/mol. The zero-order valence-corrected chi connectivity index (χ0v) is 18.2. The van der Waals surface area contributed by atoms with Crippen LogP contribution in [0.5, 0.6) is 0 Å². The lowest BCUT2D eigenvalue weighted by Gasteiger charge is -2.15. The Hall–Kier alpha value is -3.04. The highest BCUT2D eigenvalue weighted by Gasteiger charge is 2.23. The van der Waals surface area contributed by atoms with E-state index in [2.05, 4.69) is 31.2 Å². The molecule has 2 aromatic carbocycles. The van der Waals surface area contributed by atoms with Crippen molar-refractivity contribution in [3.63, 3.8) is 0 Å². The Balaban J connectivity index is 1.42. The predicted molar refractivity (Wildman–Crippen MR) is 117 cm³/mol. The zero-order chi connectivity index (χ0) is 21.1. The summed E-state index contributed by atoms with van der Waals surface area (Å²) in [5, 5.41) is 5.03. The van der Waals surface area contributed by atoms with Gasteiger partial charge in [0.15, 0.2) is 23.2 Å². The van der Waals surface area contributed by atoms with Crippen LogP contribution < -0.4 is 5.32 Å². The second-order valence-corrected chi connectivity index (χ2v) is 8.14. The normalized spacial score (nSPS) is 11.9. The Labute approximate surface area is 184 Å². The molecule has 0 aliphatic rings. The van der Waals surface area contributed by atoms with Gasteiger partial charge in [0.05, 0.1) is 11.3 Å². The molecular formula is C21H16BrN3O4S. The van der Waals surface area contributed by atoms with E-state index in [1.807, 2.05) is 29.6 Å². The van der Waals surface area contributed by atoms with Crippen LogP contribution in [0.15, 0.2) is 63.1 Å². The summed E-state index contributed by atoms with van der Waals surface area (Å²) < 4.78 is 11.6. The molecule has 152 valence electrons. The lowest BCUT2D eigenvalue weighted by molar-refractivity contribution is -0.124. The molecule has 9 heteroatoms. The van der Waals surface area contributed by atoms with Crippen molar-refractivity contribution in [3.8, 4) is 11.3 Å². The van der Waals surface area contributed by atoms with Gasteiger partial charge >= 0.3 is 5.97 Å². The number of esters is 1. The molecule has 2 aromatic heterocycles. The number of oxazole rings is 1. The van der Waals surface area contributed by atoms with E-state index < -0.39 is 18.0 Å². The molecule has 30 heavy (non-hydrogen) atoms. The van der Waals surface area contributed by atoms with Crippen LogP contribution in [0.2, 0.25) is 0 Å². The molecule has 7 nitrogen and oxygen atoms in total. The van der Waals surface area contributed by atoms with Gasteiger partial charge in [-0.05, 0) is 36.8 Å². The summed E-state index contributed by atoms with van der Waals surface area (Å²) >= 11 is 4.71. The van der Waals surface area contributed by atoms with Crippen LogP contribution in [0.25, 0.3) is 22.4 Å². The zero-order valence-electron chi connectivity index (χ0n) is 15.8. The smallest absolute Gasteiger partial charge is 0.338 e. The standard InChI is InChI=1S/C21H16BrN3O4S/c1-2-17(29-20(27)13-5-8-18-15(9-13)23-11-28-18)19(26)25-21-24-16(10-30-21)12-3-6-14(22)7-4-12/h3-11,17H,2H2,1H3,(H,24,25,26). The van der Waals surface area contributed by atoms with Crippen LogP contribution in [-0.4, -0.2) is 27.9 Å². The molecule has 1 atom stereocenters. The first-order valence-electron chi connectivity index (χ1n) is 9.10. The van der Waals surface area contributed by atoms with E-state index >= 15 is 0 Å². The average Bonchev–Trinajstić information content (AvgIpc) is 3.41. The van der Waals surface area contributed by atoms with E-state index in [0.29, 0.717) is 28.2 Å². The van der Waals surface area contributed by atoms with E-state index in [0.717, 1.165) is 15.7 Å². The van der Waals surface area contributed by atoms with Crippen LogP contribution in [0.4, 0.5) is 5.13 Å². The number of hydrogen-bond donors (Lipinski definition) is 1. The molecule has 1 unspecified atom stereocenters. The van der Waals surface area contributed by atoms with Gasteiger partial charge < -0.3 is 9.15 Å². The molecule has 4 aromatic rings. The third kappa shape index (κ3) is 4.42. The number of fused-ring (bicyclic) bond motifs is 1. The maximum absolute atomic E-state index is 12.6. The number of carbonyl (C=O) groups excluding carboxylic acids is 2. The molecule has 0 radical (unpaired) electrons. The fourth-order valence-electron chi connectivity index (χ4n) is 2.77. The highest BCUT2D eigenvalue weighted by molar-refractivity contribution is 9.10. The molecule has 0 spiro atoms. The van der Waals surface area contributed by atoms with Crippen LogP contribution in [0.1, 0.15) is 23.7 Å². The fourth-order valence-corrected chi connectivity index (χ4v) is 3.76. The summed E-state index contributed by atoms with van der Waals surface area (Å²) in [5.74, 6) is -1.03. The number of aromatic nitrogens is 2. The molecule has 0 saturated heterocycles.